The monoisotopic (exact) mass is 275 g/mol. The van der Waals surface area contributed by atoms with E-state index in [2.05, 4.69) is 78.6 Å². The molecule has 21 heavy (non-hydrogen) atoms. The first-order valence-electron chi connectivity index (χ1n) is 7.89. The van der Waals surface area contributed by atoms with Crippen molar-refractivity contribution >= 4 is 0 Å². The Balaban J connectivity index is 1.81. The molecular formula is C20H21N. The van der Waals surface area contributed by atoms with Crippen LogP contribution < -0.4 is 0 Å². The Morgan fingerprint density at radius 1 is 0.952 bits per heavy atom. The quantitative estimate of drug-likeness (QED) is 0.736. The minimum absolute atomic E-state index is 0.175. The molecule has 2 aliphatic rings. The molecule has 1 atom stereocenters. The molecule has 2 aromatic carbocycles. The summed E-state index contributed by atoms with van der Waals surface area (Å²) in [4.78, 5) is 2.56. The van der Waals surface area contributed by atoms with Gasteiger partial charge in [-0.1, -0.05) is 66.7 Å². The van der Waals surface area contributed by atoms with Gasteiger partial charge in [-0.25, -0.2) is 0 Å². The van der Waals surface area contributed by atoms with Gasteiger partial charge in [-0.2, -0.15) is 0 Å². The minimum Gasteiger partial charge on any atom is -0.365 e. The van der Waals surface area contributed by atoms with Gasteiger partial charge >= 0.3 is 0 Å². The van der Waals surface area contributed by atoms with Crippen molar-refractivity contribution in [3.8, 4) is 0 Å². The number of allylic oxidation sites excluding steroid dienone is 1. The Labute approximate surface area is 126 Å². The molecular weight excluding hydrogens is 254 g/mol. The SMILES string of the molecule is CC=C1C2CC(c3ccccc3)(c3ccccc3)CCN12. The molecule has 0 radical (unpaired) electrons. The predicted molar refractivity (Wildman–Crippen MR) is 87.1 cm³/mol. The number of nitrogens with zero attached hydrogens (tertiary/aromatic N) is 1. The van der Waals surface area contributed by atoms with E-state index in [1.54, 1.807) is 5.70 Å². The third-order valence-electron chi connectivity index (χ3n) is 5.25. The molecule has 0 aliphatic carbocycles. The summed E-state index contributed by atoms with van der Waals surface area (Å²) in [6.07, 6.45) is 4.70. The average molecular weight is 275 g/mol. The van der Waals surface area contributed by atoms with Crippen LogP contribution in [-0.2, 0) is 5.41 Å². The van der Waals surface area contributed by atoms with Gasteiger partial charge in [0.2, 0.25) is 0 Å². The van der Waals surface area contributed by atoms with E-state index in [1.807, 2.05) is 0 Å². The van der Waals surface area contributed by atoms with E-state index in [9.17, 15) is 0 Å². The lowest BCUT2D eigenvalue weighted by Gasteiger charge is -2.38. The zero-order chi connectivity index (χ0) is 14.3. The van der Waals surface area contributed by atoms with Crippen molar-refractivity contribution in [1.82, 2.24) is 4.90 Å². The van der Waals surface area contributed by atoms with Gasteiger partial charge in [0.05, 0.1) is 6.04 Å². The maximum atomic E-state index is 2.56. The van der Waals surface area contributed by atoms with Gasteiger partial charge in [0.25, 0.3) is 0 Å². The van der Waals surface area contributed by atoms with Crippen LogP contribution in [-0.4, -0.2) is 17.5 Å². The van der Waals surface area contributed by atoms with Crippen LogP contribution in [0.25, 0.3) is 0 Å². The molecule has 0 aromatic heterocycles. The van der Waals surface area contributed by atoms with Crippen molar-refractivity contribution in [3.63, 3.8) is 0 Å². The zero-order valence-electron chi connectivity index (χ0n) is 12.5. The Morgan fingerprint density at radius 2 is 1.52 bits per heavy atom. The number of fused-ring (bicyclic) bond motifs is 1. The summed E-state index contributed by atoms with van der Waals surface area (Å²) in [6, 6.07) is 22.8. The van der Waals surface area contributed by atoms with Crippen molar-refractivity contribution in [3.05, 3.63) is 83.6 Å². The van der Waals surface area contributed by atoms with Gasteiger partial charge in [-0.05, 0) is 30.9 Å². The molecule has 2 heterocycles. The van der Waals surface area contributed by atoms with E-state index < -0.39 is 0 Å². The van der Waals surface area contributed by atoms with Gasteiger partial charge in [0.1, 0.15) is 0 Å². The summed E-state index contributed by atoms with van der Waals surface area (Å²) >= 11 is 0. The fourth-order valence-corrected chi connectivity index (χ4v) is 4.11. The maximum absolute atomic E-state index is 2.56. The lowest BCUT2D eigenvalue weighted by Crippen LogP contribution is -2.36. The highest BCUT2D eigenvalue weighted by Crippen LogP contribution is 2.52. The fraction of sp³-hybridized carbons (Fsp3) is 0.300. The van der Waals surface area contributed by atoms with Gasteiger partial charge in [0, 0.05) is 17.7 Å². The van der Waals surface area contributed by atoms with Crippen molar-refractivity contribution < 1.29 is 0 Å². The molecule has 2 saturated heterocycles. The number of benzene rings is 2. The first-order chi connectivity index (χ1) is 10.3. The lowest BCUT2D eigenvalue weighted by molar-refractivity contribution is 0.306. The molecule has 0 saturated carbocycles. The van der Waals surface area contributed by atoms with Crippen LogP contribution in [0.15, 0.2) is 72.4 Å². The van der Waals surface area contributed by atoms with Gasteiger partial charge in [-0.3, -0.25) is 0 Å². The molecule has 1 nitrogen and oxygen atoms in total. The van der Waals surface area contributed by atoms with E-state index in [4.69, 9.17) is 0 Å². The molecule has 1 unspecified atom stereocenters. The highest BCUT2D eigenvalue weighted by molar-refractivity contribution is 5.44. The van der Waals surface area contributed by atoms with Gasteiger partial charge in [-0.15, -0.1) is 0 Å². The standard InChI is InChI=1S/C20H21N/c1-2-18-19-15-20(13-14-21(18)19,16-9-5-3-6-10-16)17-11-7-4-8-12-17/h2-12,19H,13-15H2,1H3. The summed E-state index contributed by atoms with van der Waals surface area (Å²) < 4.78 is 0. The Hall–Kier alpha value is -2.02. The van der Waals surface area contributed by atoms with Crippen LogP contribution in [0.1, 0.15) is 30.9 Å². The van der Waals surface area contributed by atoms with E-state index in [1.165, 1.54) is 30.5 Å². The summed E-state index contributed by atoms with van der Waals surface area (Å²) in [7, 11) is 0. The molecule has 0 N–H and O–H groups in total. The molecule has 1 heteroatoms. The molecule has 0 amide bonds. The number of hydrogen-bond acceptors (Lipinski definition) is 1. The van der Waals surface area contributed by atoms with E-state index in [-0.39, 0.29) is 5.41 Å². The van der Waals surface area contributed by atoms with Crippen molar-refractivity contribution in [2.24, 2.45) is 0 Å². The maximum Gasteiger partial charge on any atom is 0.0696 e. The number of hydrogen-bond donors (Lipinski definition) is 0. The van der Waals surface area contributed by atoms with Crippen LogP contribution in [0.2, 0.25) is 0 Å². The Bertz CT molecular complexity index is 617. The van der Waals surface area contributed by atoms with Crippen LogP contribution in [0.3, 0.4) is 0 Å². The van der Waals surface area contributed by atoms with Gasteiger partial charge < -0.3 is 4.90 Å². The molecule has 106 valence electrons. The smallest absolute Gasteiger partial charge is 0.0696 e. The third kappa shape index (κ3) is 1.91. The highest BCUT2D eigenvalue weighted by Gasteiger charge is 2.51. The van der Waals surface area contributed by atoms with Crippen molar-refractivity contribution in [2.75, 3.05) is 6.54 Å². The molecule has 2 aliphatic heterocycles. The van der Waals surface area contributed by atoms with Crippen LogP contribution in [0.5, 0.6) is 0 Å². The average Bonchev–Trinajstić information content (AvgIpc) is 3.28. The first-order valence-corrected chi connectivity index (χ1v) is 7.89. The number of piperidine rings is 1. The molecule has 4 rings (SSSR count). The number of rotatable bonds is 2. The summed E-state index contributed by atoms with van der Waals surface area (Å²) in [6.45, 7) is 3.34. The summed E-state index contributed by atoms with van der Waals surface area (Å²) in [5, 5.41) is 0. The minimum atomic E-state index is 0.175. The Morgan fingerprint density at radius 3 is 2.05 bits per heavy atom. The highest BCUT2D eigenvalue weighted by atomic mass is 15.3. The van der Waals surface area contributed by atoms with E-state index in [0.29, 0.717) is 6.04 Å². The third-order valence-corrected chi connectivity index (χ3v) is 5.25. The van der Waals surface area contributed by atoms with Crippen LogP contribution in [0.4, 0.5) is 0 Å². The first kappa shape index (κ1) is 12.7. The summed E-state index contributed by atoms with van der Waals surface area (Å²) in [5.41, 5.74) is 4.66. The predicted octanol–water partition coefficient (Wildman–Crippen LogP) is 4.35. The molecule has 2 aromatic rings. The van der Waals surface area contributed by atoms with Crippen LogP contribution >= 0.6 is 0 Å². The normalized spacial score (nSPS) is 24.7. The van der Waals surface area contributed by atoms with Gasteiger partial charge in [0.15, 0.2) is 0 Å². The fourth-order valence-electron chi connectivity index (χ4n) is 4.11. The van der Waals surface area contributed by atoms with Crippen molar-refractivity contribution in [2.45, 2.75) is 31.2 Å². The molecule has 2 fully saturated rings. The molecule has 0 spiro atoms. The second-order valence-electron chi connectivity index (χ2n) is 6.19. The Kier molecular flexibility index (Phi) is 2.88. The molecule has 0 bridgehead atoms. The topological polar surface area (TPSA) is 3.01 Å². The van der Waals surface area contributed by atoms with Crippen LogP contribution in [0, 0.1) is 0 Å². The van der Waals surface area contributed by atoms with E-state index in [0.717, 1.165) is 0 Å². The van der Waals surface area contributed by atoms with Crippen molar-refractivity contribution in [1.29, 1.82) is 0 Å². The zero-order valence-corrected chi connectivity index (χ0v) is 12.5. The largest absolute Gasteiger partial charge is 0.365 e. The van der Waals surface area contributed by atoms with E-state index >= 15 is 0 Å². The lowest BCUT2D eigenvalue weighted by atomic mass is 9.68. The second-order valence-corrected chi connectivity index (χ2v) is 6.19. The summed E-state index contributed by atoms with van der Waals surface area (Å²) in [5.74, 6) is 0. The second kappa shape index (κ2) is 4.77.